The van der Waals surface area contributed by atoms with Crippen molar-refractivity contribution in [2.24, 2.45) is 0 Å². The third-order valence-electron chi connectivity index (χ3n) is 1.85. The van der Waals surface area contributed by atoms with Crippen LogP contribution in [0.4, 0.5) is 22.0 Å². The minimum atomic E-state index is -5.78. The summed E-state index contributed by atoms with van der Waals surface area (Å²) in [5.74, 6) is -7.39. The summed E-state index contributed by atoms with van der Waals surface area (Å²) in [6, 6.07) is 0.933. The lowest BCUT2D eigenvalue weighted by molar-refractivity contribution is -0.290. The van der Waals surface area contributed by atoms with Gasteiger partial charge in [0.15, 0.2) is 18.1 Å². The summed E-state index contributed by atoms with van der Waals surface area (Å²) in [4.78, 5) is 14.0. The smallest absolute Gasteiger partial charge is 0.456 e. The molecule has 0 aliphatic heterocycles. The summed E-state index contributed by atoms with van der Waals surface area (Å²) in [6.45, 7) is -2.03. The maximum Gasteiger partial charge on any atom is 0.456 e. The van der Waals surface area contributed by atoms with Gasteiger partial charge >= 0.3 is 18.1 Å². The first-order valence-corrected chi connectivity index (χ1v) is 5.30. The van der Waals surface area contributed by atoms with Crippen molar-refractivity contribution in [3.8, 4) is 5.75 Å². The van der Waals surface area contributed by atoms with E-state index in [2.05, 4.69) is 25.7 Å². The molecular formula is C9H5BrF5NO3. The number of hydrogen-bond acceptors (Lipinski definition) is 3. The number of pyridine rings is 1. The van der Waals surface area contributed by atoms with Crippen LogP contribution in [0.1, 0.15) is 10.5 Å². The quantitative estimate of drug-likeness (QED) is 0.848. The van der Waals surface area contributed by atoms with Crippen molar-refractivity contribution in [2.75, 3.05) is 6.61 Å². The second-order valence-electron chi connectivity index (χ2n) is 3.30. The normalized spacial score (nSPS) is 12.3. The molecule has 1 heterocycles. The van der Waals surface area contributed by atoms with Gasteiger partial charge in [0.1, 0.15) is 0 Å². The van der Waals surface area contributed by atoms with E-state index >= 15 is 0 Å². The highest BCUT2D eigenvalue weighted by Crippen LogP contribution is 2.36. The average Bonchev–Trinajstić information content (AvgIpc) is 2.24. The molecule has 0 aromatic carbocycles. The third kappa shape index (κ3) is 3.75. The standard InChI is InChI=1S/C9H5BrF5NO3/c10-4-1-5(6(7(17)18)16-2-4)19-3-8(11,12)9(13,14)15/h1-2H,3H2,(H,17,18). The molecule has 10 heteroatoms. The Bertz CT molecular complexity index is 491. The van der Waals surface area contributed by atoms with E-state index < -0.39 is 36.1 Å². The molecule has 0 spiro atoms. The minimum absolute atomic E-state index is 0.169. The number of aromatic carboxylic acids is 1. The number of aromatic nitrogens is 1. The van der Waals surface area contributed by atoms with E-state index in [1.807, 2.05) is 0 Å². The second kappa shape index (κ2) is 5.27. The van der Waals surface area contributed by atoms with Crippen LogP contribution in [0.15, 0.2) is 16.7 Å². The predicted molar refractivity (Wildman–Crippen MR) is 55.4 cm³/mol. The Morgan fingerprint density at radius 2 is 1.95 bits per heavy atom. The zero-order valence-corrected chi connectivity index (χ0v) is 10.4. The van der Waals surface area contributed by atoms with E-state index in [9.17, 15) is 26.7 Å². The number of alkyl halides is 5. The molecule has 19 heavy (non-hydrogen) atoms. The zero-order chi connectivity index (χ0) is 14.8. The van der Waals surface area contributed by atoms with Gasteiger partial charge in [-0.15, -0.1) is 0 Å². The molecule has 0 atom stereocenters. The predicted octanol–water partition coefficient (Wildman–Crippen LogP) is 3.12. The summed E-state index contributed by atoms with van der Waals surface area (Å²) < 4.78 is 65.3. The maximum absolute atomic E-state index is 12.6. The van der Waals surface area contributed by atoms with Crippen molar-refractivity contribution < 1.29 is 36.6 Å². The zero-order valence-electron chi connectivity index (χ0n) is 8.84. The van der Waals surface area contributed by atoms with Crippen LogP contribution in [0.25, 0.3) is 0 Å². The Labute approximate surface area is 111 Å². The molecule has 0 fully saturated rings. The maximum atomic E-state index is 12.6. The lowest BCUT2D eigenvalue weighted by Gasteiger charge is -2.20. The Morgan fingerprint density at radius 3 is 2.42 bits per heavy atom. The van der Waals surface area contributed by atoms with Gasteiger partial charge in [0.2, 0.25) is 0 Å². The molecule has 0 aliphatic carbocycles. The Balaban J connectivity index is 2.95. The molecule has 0 aliphatic rings. The second-order valence-corrected chi connectivity index (χ2v) is 4.21. The van der Waals surface area contributed by atoms with Crippen molar-refractivity contribution in [2.45, 2.75) is 12.1 Å². The molecule has 0 saturated heterocycles. The average molecular weight is 350 g/mol. The fraction of sp³-hybridized carbons (Fsp3) is 0.333. The molecule has 1 aromatic heterocycles. The number of rotatable bonds is 4. The van der Waals surface area contributed by atoms with Gasteiger partial charge in [-0.25, -0.2) is 9.78 Å². The van der Waals surface area contributed by atoms with E-state index in [1.165, 1.54) is 0 Å². The molecule has 1 rings (SSSR count). The molecule has 0 amide bonds. The van der Waals surface area contributed by atoms with Gasteiger partial charge in [0, 0.05) is 10.7 Å². The first-order chi connectivity index (χ1) is 8.54. The number of carboxylic acids is 1. The number of nitrogens with zero attached hydrogens (tertiary/aromatic N) is 1. The first kappa shape index (κ1) is 15.6. The molecule has 1 aromatic rings. The lowest BCUT2D eigenvalue weighted by Crippen LogP contribution is -2.41. The van der Waals surface area contributed by atoms with Crippen molar-refractivity contribution >= 4 is 21.9 Å². The van der Waals surface area contributed by atoms with Crippen LogP contribution in [0.3, 0.4) is 0 Å². The highest BCUT2D eigenvalue weighted by molar-refractivity contribution is 9.10. The van der Waals surface area contributed by atoms with E-state index in [0.29, 0.717) is 0 Å². The molecular weight excluding hydrogens is 345 g/mol. The number of carbonyl (C=O) groups is 1. The van der Waals surface area contributed by atoms with Crippen molar-refractivity contribution in [3.63, 3.8) is 0 Å². The topological polar surface area (TPSA) is 59.4 Å². The number of halogens is 6. The molecule has 0 bridgehead atoms. The van der Waals surface area contributed by atoms with Crippen LogP contribution in [0.2, 0.25) is 0 Å². The Hall–Kier alpha value is -1.45. The van der Waals surface area contributed by atoms with Gasteiger partial charge < -0.3 is 9.84 Å². The van der Waals surface area contributed by atoms with E-state index in [0.717, 1.165) is 12.3 Å². The Morgan fingerprint density at radius 1 is 1.37 bits per heavy atom. The van der Waals surface area contributed by atoms with E-state index in [-0.39, 0.29) is 4.47 Å². The van der Waals surface area contributed by atoms with Crippen molar-refractivity contribution in [3.05, 3.63) is 22.4 Å². The SMILES string of the molecule is O=C(O)c1ncc(Br)cc1OCC(F)(F)C(F)(F)F. The van der Waals surface area contributed by atoms with Crippen molar-refractivity contribution in [1.29, 1.82) is 0 Å². The molecule has 0 saturated carbocycles. The van der Waals surface area contributed by atoms with Gasteiger partial charge in [-0.3, -0.25) is 0 Å². The summed E-state index contributed by atoms with van der Waals surface area (Å²) in [5.41, 5.74) is -0.763. The number of ether oxygens (including phenoxy) is 1. The minimum Gasteiger partial charge on any atom is -0.484 e. The fourth-order valence-electron chi connectivity index (χ4n) is 0.942. The summed E-state index contributed by atoms with van der Waals surface area (Å²) in [5, 5.41) is 8.68. The van der Waals surface area contributed by atoms with Crippen molar-refractivity contribution in [1.82, 2.24) is 4.98 Å². The van der Waals surface area contributed by atoms with Crippen LogP contribution in [-0.4, -0.2) is 34.8 Å². The molecule has 0 radical (unpaired) electrons. The largest absolute Gasteiger partial charge is 0.484 e. The van der Waals surface area contributed by atoms with Gasteiger partial charge in [-0.1, -0.05) is 0 Å². The van der Waals surface area contributed by atoms with E-state index in [4.69, 9.17) is 5.11 Å². The number of hydrogen-bond donors (Lipinski definition) is 1. The van der Waals surface area contributed by atoms with Gasteiger partial charge in [0.05, 0.1) is 0 Å². The van der Waals surface area contributed by atoms with Crippen LogP contribution >= 0.6 is 15.9 Å². The van der Waals surface area contributed by atoms with Crippen LogP contribution in [0, 0.1) is 0 Å². The highest BCUT2D eigenvalue weighted by atomic mass is 79.9. The first-order valence-electron chi connectivity index (χ1n) is 4.51. The van der Waals surface area contributed by atoms with Gasteiger partial charge in [-0.2, -0.15) is 22.0 Å². The summed E-state index contributed by atoms with van der Waals surface area (Å²) in [7, 11) is 0. The molecule has 0 unspecified atom stereocenters. The monoisotopic (exact) mass is 349 g/mol. The molecule has 1 N–H and O–H groups in total. The molecule has 106 valence electrons. The highest BCUT2D eigenvalue weighted by Gasteiger charge is 2.58. The third-order valence-corrected chi connectivity index (χ3v) is 2.28. The number of carboxylic acid groups (broad SMARTS) is 1. The molecule has 4 nitrogen and oxygen atoms in total. The summed E-state index contributed by atoms with van der Waals surface area (Å²) >= 11 is 2.86. The van der Waals surface area contributed by atoms with E-state index in [1.54, 1.807) is 0 Å². The van der Waals surface area contributed by atoms with Gasteiger partial charge in [-0.05, 0) is 22.0 Å². The van der Waals surface area contributed by atoms with Gasteiger partial charge in [0.25, 0.3) is 0 Å². The van der Waals surface area contributed by atoms with Crippen LogP contribution in [0.5, 0.6) is 5.75 Å². The van der Waals surface area contributed by atoms with Crippen LogP contribution < -0.4 is 4.74 Å². The lowest BCUT2D eigenvalue weighted by atomic mass is 10.3. The Kier molecular flexibility index (Phi) is 4.33. The van der Waals surface area contributed by atoms with Crippen LogP contribution in [-0.2, 0) is 0 Å². The fourth-order valence-corrected chi connectivity index (χ4v) is 1.25. The summed E-state index contributed by atoms with van der Waals surface area (Å²) in [6.07, 6.45) is -4.74.